The molecule has 5 nitrogen and oxygen atoms in total. The number of amides is 2. The van der Waals surface area contributed by atoms with Crippen LogP contribution in [0.4, 0.5) is 23.7 Å². The van der Waals surface area contributed by atoms with Crippen LogP contribution in [-0.2, 0) is 12.7 Å². The lowest BCUT2D eigenvalue weighted by Crippen LogP contribution is -2.38. The third-order valence-electron chi connectivity index (χ3n) is 2.87. The van der Waals surface area contributed by atoms with Gasteiger partial charge in [0.05, 0.1) is 6.54 Å². The molecule has 0 spiro atoms. The Morgan fingerprint density at radius 1 is 1.30 bits per heavy atom. The molecule has 0 bridgehead atoms. The lowest BCUT2D eigenvalue weighted by atomic mass is 10.3. The molecule has 2 rings (SSSR count). The molecule has 1 atom stereocenters. The average Bonchev–Trinajstić information content (AvgIpc) is 2.89. The van der Waals surface area contributed by atoms with Crippen LogP contribution in [0.3, 0.4) is 0 Å². The van der Waals surface area contributed by atoms with Crippen LogP contribution in [-0.4, -0.2) is 21.9 Å². The van der Waals surface area contributed by atoms with E-state index in [1.807, 2.05) is 0 Å². The van der Waals surface area contributed by atoms with Crippen LogP contribution in [0.5, 0.6) is 0 Å². The highest BCUT2D eigenvalue weighted by molar-refractivity contribution is 6.30. The molecule has 2 N–H and O–H groups in total. The van der Waals surface area contributed by atoms with Gasteiger partial charge in [-0.25, -0.2) is 4.79 Å². The summed E-state index contributed by atoms with van der Waals surface area (Å²) in [4.78, 5) is 11.8. The van der Waals surface area contributed by atoms with Gasteiger partial charge in [0.2, 0.25) is 0 Å². The lowest BCUT2D eigenvalue weighted by Gasteiger charge is -2.15. The Morgan fingerprint density at radius 2 is 1.96 bits per heavy atom. The number of nitrogens with zero attached hydrogens (tertiary/aromatic N) is 2. The van der Waals surface area contributed by atoms with Crippen LogP contribution in [0, 0.1) is 0 Å². The maximum atomic E-state index is 12.5. The van der Waals surface area contributed by atoms with Crippen molar-refractivity contribution in [2.24, 2.45) is 0 Å². The minimum absolute atomic E-state index is 0.115. The largest absolute Gasteiger partial charge is 0.435 e. The van der Waals surface area contributed by atoms with E-state index in [0.717, 1.165) is 10.7 Å². The Balaban J connectivity index is 1.86. The molecule has 0 aliphatic heterocycles. The number of rotatable bonds is 4. The summed E-state index contributed by atoms with van der Waals surface area (Å²) in [6.07, 6.45) is -3.26. The summed E-state index contributed by atoms with van der Waals surface area (Å²) in [7, 11) is 0. The number of halogens is 4. The van der Waals surface area contributed by atoms with Crippen LogP contribution in [0.2, 0.25) is 5.02 Å². The number of hydrogen-bond acceptors (Lipinski definition) is 2. The lowest BCUT2D eigenvalue weighted by molar-refractivity contribution is -0.141. The van der Waals surface area contributed by atoms with E-state index in [-0.39, 0.29) is 6.54 Å². The van der Waals surface area contributed by atoms with Gasteiger partial charge in [-0.15, -0.1) is 0 Å². The summed E-state index contributed by atoms with van der Waals surface area (Å²) in [5, 5.41) is 9.18. The molecule has 1 aromatic heterocycles. The van der Waals surface area contributed by atoms with Gasteiger partial charge in [-0.2, -0.15) is 18.3 Å². The predicted molar refractivity (Wildman–Crippen MR) is 80.3 cm³/mol. The molecule has 0 unspecified atom stereocenters. The van der Waals surface area contributed by atoms with Gasteiger partial charge in [0.15, 0.2) is 5.69 Å². The highest BCUT2D eigenvalue weighted by atomic mass is 35.5. The molecule has 0 aliphatic carbocycles. The van der Waals surface area contributed by atoms with Crippen LogP contribution in [0.1, 0.15) is 12.6 Å². The van der Waals surface area contributed by atoms with E-state index in [4.69, 9.17) is 11.6 Å². The number of alkyl halides is 3. The van der Waals surface area contributed by atoms with E-state index < -0.39 is 23.9 Å². The molecule has 0 saturated carbocycles. The second kappa shape index (κ2) is 6.91. The number of aromatic nitrogens is 2. The van der Waals surface area contributed by atoms with Gasteiger partial charge in [0, 0.05) is 22.9 Å². The maximum Gasteiger partial charge on any atom is 0.435 e. The second-order valence-corrected chi connectivity index (χ2v) is 5.36. The van der Waals surface area contributed by atoms with Crippen LogP contribution in [0.15, 0.2) is 36.5 Å². The van der Waals surface area contributed by atoms with Gasteiger partial charge in [-0.05, 0) is 37.3 Å². The zero-order chi connectivity index (χ0) is 17.0. The fourth-order valence-electron chi connectivity index (χ4n) is 1.86. The van der Waals surface area contributed by atoms with Crippen LogP contribution in [0.25, 0.3) is 0 Å². The zero-order valence-corrected chi connectivity index (χ0v) is 12.8. The third kappa shape index (κ3) is 5.17. The number of carbonyl (C=O) groups is 1. The molecule has 0 fully saturated rings. The Hall–Kier alpha value is -2.22. The SMILES string of the molecule is C[C@H](Cn1ccc(C(F)(F)F)n1)NC(=O)Nc1ccc(Cl)cc1. The first kappa shape index (κ1) is 17.1. The molecule has 0 saturated heterocycles. The topological polar surface area (TPSA) is 59.0 Å². The number of hydrogen-bond donors (Lipinski definition) is 2. The van der Waals surface area contributed by atoms with Gasteiger partial charge in [0.1, 0.15) is 0 Å². The minimum Gasteiger partial charge on any atom is -0.334 e. The van der Waals surface area contributed by atoms with Gasteiger partial charge in [-0.1, -0.05) is 11.6 Å². The van der Waals surface area contributed by atoms with E-state index in [2.05, 4.69) is 15.7 Å². The van der Waals surface area contributed by atoms with Gasteiger partial charge in [-0.3, -0.25) is 4.68 Å². The van der Waals surface area contributed by atoms with Gasteiger partial charge < -0.3 is 10.6 Å². The minimum atomic E-state index is -4.48. The van der Waals surface area contributed by atoms with Crippen molar-refractivity contribution in [1.82, 2.24) is 15.1 Å². The Labute approximate surface area is 135 Å². The predicted octanol–water partition coefficient (Wildman–Crippen LogP) is 3.77. The van der Waals surface area contributed by atoms with Gasteiger partial charge in [0.25, 0.3) is 0 Å². The first-order valence-corrected chi connectivity index (χ1v) is 7.05. The normalized spacial score (nSPS) is 12.7. The molecule has 1 heterocycles. The molecule has 1 aromatic carbocycles. The van der Waals surface area contributed by atoms with Crippen molar-refractivity contribution < 1.29 is 18.0 Å². The fraction of sp³-hybridized carbons (Fsp3) is 0.286. The number of benzene rings is 1. The van der Waals surface area contributed by atoms with Crippen molar-refractivity contribution >= 4 is 23.3 Å². The molecule has 0 aliphatic rings. The van der Waals surface area contributed by atoms with Crippen molar-refractivity contribution in [2.45, 2.75) is 25.7 Å². The van der Waals surface area contributed by atoms with Crippen molar-refractivity contribution in [2.75, 3.05) is 5.32 Å². The van der Waals surface area contributed by atoms with E-state index >= 15 is 0 Å². The van der Waals surface area contributed by atoms with E-state index in [1.54, 1.807) is 31.2 Å². The first-order chi connectivity index (χ1) is 10.7. The standard InChI is InChI=1S/C14H14ClF3N4O/c1-9(8-22-7-6-12(21-22)14(16,17)18)19-13(23)20-11-4-2-10(15)3-5-11/h2-7,9H,8H2,1H3,(H2,19,20,23)/t9-/m1/s1. The Morgan fingerprint density at radius 3 is 2.52 bits per heavy atom. The molecular formula is C14H14ClF3N4O. The third-order valence-corrected chi connectivity index (χ3v) is 3.12. The fourth-order valence-corrected chi connectivity index (χ4v) is 1.99. The van der Waals surface area contributed by atoms with E-state index in [0.29, 0.717) is 10.7 Å². The number of anilines is 1. The summed E-state index contributed by atoms with van der Waals surface area (Å²) in [6, 6.07) is 6.53. The zero-order valence-electron chi connectivity index (χ0n) is 12.1. The maximum absolute atomic E-state index is 12.5. The van der Waals surface area contributed by atoms with Crippen LogP contribution < -0.4 is 10.6 Å². The summed E-state index contributed by atoms with van der Waals surface area (Å²) >= 11 is 5.74. The molecule has 0 radical (unpaired) electrons. The number of carbonyl (C=O) groups excluding carboxylic acids is 1. The quantitative estimate of drug-likeness (QED) is 0.885. The van der Waals surface area contributed by atoms with E-state index in [9.17, 15) is 18.0 Å². The highest BCUT2D eigenvalue weighted by Crippen LogP contribution is 2.27. The number of nitrogens with one attached hydrogen (secondary N) is 2. The second-order valence-electron chi connectivity index (χ2n) is 4.93. The molecule has 9 heteroatoms. The average molecular weight is 347 g/mol. The highest BCUT2D eigenvalue weighted by Gasteiger charge is 2.33. The summed E-state index contributed by atoms with van der Waals surface area (Å²) in [5.74, 6) is 0. The summed E-state index contributed by atoms with van der Waals surface area (Å²) in [6.45, 7) is 1.78. The first-order valence-electron chi connectivity index (χ1n) is 6.68. The van der Waals surface area contributed by atoms with Crippen molar-refractivity contribution in [1.29, 1.82) is 0 Å². The smallest absolute Gasteiger partial charge is 0.334 e. The summed E-state index contributed by atoms with van der Waals surface area (Å²) in [5.41, 5.74) is -0.409. The molecule has 23 heavy (non-hydrogen) atoms. The number of urea groups is 1. The van der Waals surface area contributed by atoms with Crippen molar-refractivity contribution in [3.8, 4) is 0 Å². The molecule has 124 valence electrons. The molecule has 2 amide bonds. The summed E-state index contributed by atoms with van der Waals surface area (Å²) < 4.78 is 38.5. The van der Waals surface area contributed by atoms with Gasteiger partial charge >= 0.3 is 12.2 Å². The Kier molecular flexibility index (Phi) is 5.15. The van der Waals surface area contributed by atoms with E-state index in [1.165, 1.54) is 6.20 Å². The monoisotopic (exact) mass is 346 g/mol. The Bertz CT molecular complexity index is 669. The van der Waals surface area contributed by atoms with Crippen molar-refractivity contribution in [3.05, 3.63) is 47.2 Å². The van der Waals surface area contributed by atoms with Crippen molar-refractivity contribution in [3.63, 3.8) is 0 Å². The molecular weight excluding hydrogens is 333 g/mol. The molecule has 2 aromatic rings. The van der Waals surface area contributed by atoms with Crippen LogP contribution >= 0.6 is 11.6 Å².